The minimum absolute atomic E-state index is 0.0945. The van der Waals surface area contributed by atoms with Gasteiger partial charge in [0.25, 0.3) is 11.5 Å². The van der Waals surface area contributed by atoms with Gasteiger partial charge in [0.15, 0.2) is 5.65 Å². The van der Waals surface area contributed by atoms with Gasteiger partial charge in [-0.25, -0.2) is 4.98 Å². The van der Waals surface area contributed by atoms with E-state index in [-0.39, 0.29) is 17.4 Å². The van der Waals surface area contributed by atoms with Gasteiger partial charge in [0.1, 0.15) is 5.52 Å². The average Bonchev–Trinajstić information content (AvgIpc) is 3.36. The minimum Gasteiger partial charge on any atom is -0.351 e. The van der Waals surface area contributed by atoms with Crippen molar-refractivity contribution < 1.29 is 4.79 Å². The summed E-state index contributed by atoms with van der Waals surface area (Å²) in [5.41, 5.74) is 4.73. The summed E-state index contributed by atoms with van der Waals surface area (Å²) in [7, 11) is 0. The summed E-state index contributed by atoms with van der Waals surface area (Å²) in [5.74, 6) is 0.120. The first-order chi connectivity index (χ1) is 16.1. The maximum absolute atomic E-state index is 13.1. The summed E-state index contributed by atoms with van der Waals surface area (Å²) in [6.07, 6.45) is 3.56. The third-order valence-electron chi connectivity index (χ3n) is 5.99. The predicted molar refractivity (Wildman–Crippen MR) is 130 cm³/mol. The summed E-state index contributed by atoms with van der Waals surface area (Å²) in [6, 6.07) is 25.0. The van der Waals surface area contributed by atoms with Crippen molar-refractivity contribution in [1.29, 1.82) is 0 Å². The standard InChI is InChI=1S/C27H24N4O2/c1-19(21-7-3-2-4-8-21)17-29-26(32)22-13-11-20(12-14-22)18-31-25-23(9-5-15-28-25)30-16-6-10-24(30)27(31)33/h2-16,19H,17-18H2,1H3,(H,29,32)/t19-/m1/s1. The van der Waals surface area contributed by atoms with Crippen LogP contribution in [-0.2, 0) is 6.54 Å². The van der Waals surface area contributed by atoms with Crippen LogP contribution in [0, 0.1) is 0 Å². The van der Waals surface area contributed by atoms with E-state index >= 15 is 0 Å². The summed E-state index contributed by atoms with van der Waals surface area (Å²) in [4.78, 5) is 30.2. The number of benzene rings is 2. The van der Waals surface area contributed by atoms with Crippen molar-refractivity contribution in [1.82, 2.24) is 19.3 Å². The number of carbonyl (C=O) groups is 1. The molecule has 0 aliphatic heterocycles. The average molecular weight is 437 g/mol. The molecule has 0 radical (unpaired) electrons. The molecule has 6 heteroatoms. The van der Waals surface area contributed by atoms with E-state index in [9.17, 15) is 9.59 Å². The van der Waals surface area contributed by atoms with Crippen LogP contribution in [0.1, 0.15) is 34.3 Å². The van der Waals surface area contributed by atoms with Gasteiger partial charge in [0.05, 0.1) is 12.1 Å². The second-order valence-electron chi connectivity index (χ2n) is 8.22. The zero-order chi connectivity index (χ0) is 22.8. The zero-order valence-corrected chi connectivity index (χ0v) is 18.3. The molecule has 5 rings (SSSR count). The SMILES string of the molecule is C[C@H](CNC(=O)c1ccc(Cn2c(=O)c3cccn3c3cccnc32)cc1)c1ccccc1. The maximum atomic E-state index is 13.1. The number of rotatable bonds is 6. The van der Waals surface area contributed by atoms with E-state index in [0.29, 0.717) is 29.8 Å². The van der Waals surface area contributed by atoms with E-state index in [1.54, 1.807) is 22.9 Å². The number of carbonyl (C=O) groups excluding carboxylic acids is 1. The van der Waals surface area contributed by atoms with Crippen LogP contribution in [0.3, 0.4) is 0 Å². The van der Waals surface area contributed by atoms with Gasteiger partial charge in [0.2, 0.25) is 0 Å². The van der Waals surface area contributed by atoms with Crippen LogP contribution >= 0.6 is 0 Å². The highest BCUT2D eigenvalue weighted by Crippen LogP contribution is 2.16. The molecule has 0 saturated heterocycles. The fraction of sp³-hybridized carbons (Fsp3) is 0.148. The van der Waals surface area contributed by atoms with Gasteiger partial charge in [-0.2, -0.15) is 0 Å². The van der Waals surface area contributed by atoms with Gasteiger partial charge in [-0.15, -0.1) is 0 Å². The molecule has 0 aliphatic rings. The molecule has 1 N–H and O–H groups in total. The van der Waals surface area contributed by atoms with Crippen molar-refractivity contribution in [2.75, 3.05) is 6.54 Å². The van der Waals surface area contributed by atoms with Crippen LogP contribution in [0.25, 0.3) is 16.7 Å². The number of nitrogens with zero attached hydrogens (tertiary/aromatic N) is 3. The Hall–Kier alpha value is -4.19. The number of hydrogen-bond donors (Lipinski definition) is 1. The number of pyridine rings is 1. The third-order valence-corrected chi connectivity index (χ3v) is 5.99. The van der Waals surface area contributed by atoms with E-state index in [1.807, 2.05) is 65.2 Å². The molecule has 1 amide bonds. The number of nitrogens with one attached hydrogen (secondary N) is 1. The minimum atomic E-state index is -0.108. The zero-order valence-electron chi connectivity index (χ0n) is 18.3. The van der Waals surface area contributed by atoms with Crippen molar-refractivity contribution in [3.05, 3.63) is 118 Å². The summed E-state index contributed by atoms with van der Waals surface area (Å²) < 4.78 is 3.55. The Morgan fingerprint density at radius 3 is 2.48 bits per heavy atom. The lowest BCUT2D eigenvalue weighted by Crippen LogP contribution is -2.27. The fourth-order valence-electron chi connectivity index (χ4n) is 4.12. The molecule has 1 atom stereocenters. The summed E-state index contributed by atoms with van der Waals surface area (Å²) >= 11 is 0. The first-order valence-electron chi connectivity index (χ1n) is 11.0. The molecule has 6 nitrogen and oxygen atoms in total. The van der Waals surface area contributed by atoms with Gasteiger partial charge in [-0.1, -0.05) is 49.4 Å². The smallest absolute Gasteiger partial charge is 0.276 e. The van der Waals surface area contributed by atoms with E-state index in [0.717, 1.165) is 11.1 Å². The molecule has 0 unspecified atom stereocenters. The molecule has 0 bridgehead atoms. The van der Waals surface area contributed by atoms with Gasteiger partial charge in [0, 0.05) is 24.5 Å². The Balaban J connectivity index is 1.34. The Morgan fingerprint density at radius 2 is 1.70 bits per heavy atom. The number of amides is 1. The van der Waals surface area contributed by atoms with Crippen LogP contribution in [0.2, 0.25) is 0 Å². The molecule has 3 heterocycles. The van der Waals surface area contributed by atoms with E-state index < -0.39 is 0 Å². The normalized spacial score (nSPS) is 12.2. The predicted octanol–water partition coefficient (Wildman–Crippen LogP) is 4.23. The highest BCUT2D eigenvalue weighted by Gasteiger charge is 2.13. The number of hydrogen-bond acceptors (Lipinski definition) is 3. The van der Waals surface area contributed by atoms with Gasteiger partial charge < -0.3 is 9.72 Å². The number of aromatic nitrogens is 3. The van der Waals surface area contributed by atoms with E-state index in [4.69, 9.17) is 0 Å². The van der Waals surface area contributed by atoms with Crippen LogP contribution in [0.15, 0.2) is 96.1 Å². The Morgan fingerprint density at radius 1 is 0.939 bits per heavy atom. The third kappa shape index (κ3) is 4.03. The van der Waals surface area contributed by atoms with Crippen molar-refractivity contribution >= 4 is 22.6 Å². The largest absolute Gasteiger partial charge is 0.351 e. The molecule has 0 spiro atoms. The Kier molecular flexibility index (Phi) is 5.48. The molecule has 0 aliphatic carbocycles. The van der Waals surface area contributed by atoms with Gasteiger partial charge in [-0.3, -0.25) is 14.2 Å². The molecule has 3 aromatic heterocycles. The summed E-state index contributed by atoms with van der Waals surface area (Å²) in [6.45, 7) is 3.03. The van der Waals surface area contributed by atoms with Crippen LogP contribution in [-0.4, -0.2) is 26.4 Å². The molecule has 164 valence electrons. The highest BCUT2D eigenvalue weighted by molar-refractivity contribution is 5.94. The quantitative estimate of drug-likeness (QED) is 0.433. The molecule has 5 aromatic rings. The lowest BCUT2D eigenvalue weighted by Gasteiger charge is -2.14. The van der Waals surface area contributed by atoms with E-state index in [1.165, 1.54) is 5.56 Å². The molecular formula is C27H24N4O2. The highest BCUT2D eigenvalue weighted by atomic mass is 16.1. The molecule has 2 aromatic carbocycles. The first kappa shape index (κ1) is 20.7. The maximum Gasteiger partial charge on any atom is 0.276 e. The topological polar surface area (TPSA) is 68.4 Å². The first-order valence-corrected chi connectivity index (χ1v) is 11.0. The lowest BCUT2D eigenvalue weighted by atomic mass is 10.0. The van der Waals surface area contributed by atoms with Crippen molar-refractivity contribution in [3.63, 3.8) is 0 Å². The van der Waals surface area contributed by atoms with Crippen molar-refractivity contribution in [2.45, 2.75) is 19.4 Å². The molecule has 33 heavy (non-hydrogen) atoms. The second-order valence-corrected chi connectivity index (χ2v) is 8.22. The van der Waals surface area contributed by atoms with Crippen LogP contribution in [0.5, 0.6) is 0 Å². The monoisotopic (exact) mass is 436 g/mol. The number of fused-ring (bicyclic) bond motifs is 3. The van der Waals surface area contributed by atoms with Crippen molar-refractivity contribution in [3.8, 4) is 0 Å². The van der Waals surface area contributed by atoms with Crippen molar-refractivity contribution in [2.24, 2.45) is 0 Å². The second kappa shape index (κ2) is 8.74. The Bertz CT molecular complexity index is 1480. The fourth-order valence-corrected chi connectivity index (χ4v) is 4.12. The summed E-state index contributed by atoms with van der Waals surface area (Å²) in [5, 5.41) is 3.01. The van der Waals surface area contributed by atoms with Crippen LogP contribution < -0.4 is 10.9 Å². The van der Waals surface area contributed by atoms with Gasteiger partial charge in [-0.05, 0) is 53.4 Å². The lowest BCUT2D eigenvalue weighted by molar-refractivity contribution is 0.0951. The Labute approximate surface area is 191 Å². The molecule has 0 saturated carbocycles. The van der Waals surface area contributed by atoms with Crippen LogP contribution in [0.4, 0.5) is 0 Å². The molecule has 0 fully saturated rings. The van der Waals surface area contributed by atoms with Gasteiger partial charge >= 0.3 is 0 Å². The molecular weight excluding hydrogens is 412 g/mol. The van der Waals surface area contributed by atoms with E-state index in [2.05, 4.69) is 29.4 Å².